The van der Waals surface area contributed by atoms with Crippen LogP contribution in [0.15, 0.2) is 23.1 Å². The molecule has 10 heteroatoms. The molecular formula is C14H19ClF4N2O2S. The summed E-state index contributed by atoms with van der Waals surface area (Å²) in [5.74, 6) is -1.61. The van der Waals surface area contributed by atoms with E-state index in [2.05, 4.69) is 0 Å². The molecular weight excluding hydrogens is 372 g/mol. The maximum Gasteiger partial charge on any atom is 0.419 e. The van der Waals surface area contributed by atoms with Gasteiger partial charge in [-0.05, 0) is 30.0 Å². The number of rotatable bonds is 2. The molecule has 0 amide bonds. The van der Waals surface area contributed by atoms with E-state index < -0.39 is 37.9 Å². The Hall–Kier alpha value is -0.900. The van der Waals surface area contributed by atoms with Crippen molar-refractivity contribution in [3.63, 3.8) is 0 Å². The largest absolute Gasteiger partial charge is 0.419 e. The monoisotopic (exact) mass is 390 g/mol. The zero-order valence-electron chi connectivity index (χ0n) is 13.1. The molecule has 0 bridgehead atoms. The first-order chi connectivity index (χ1) is 10.4. The van der Waals surface area contributed by atoms with E-state index >= 15 is 0 Å². The van der Waals surface area contributed by atoms with Crippen molar-refractivity contribution in [1.29, 1.82) is 0 Å². The van der Waals surface area contributed by atoms with Crippen LogP contribution < -0.4 is 5.73 Å². The fourth-order valence-corrected chi connectivity index (χ4v) is 4.20. The molecule has 1 saturated heterocycles. The fourth-order valence-electron chi connectivity index (χ4n) is 2.57. The zero-order valence-corrected chi connectivity index (χ0v) is 14.7. The molecule has 138 valence electrons. The number of nitrogens with zero attached hydrogens (tertiary/aromatic N) is 1. The highest BCUT2D eigenvalue weighted by atomic mass is 35.5. The van der Waals surface area contributed by atoms with E-state index in [-0.39, 0.29) is 31.5 Å². The first kappa shape index (κ1) is 21.1. The van der Waals surface area contributed by atoms with Gasteiger partial charge in [0, 0.05) is 19.1 Å². The van der Waals surface area contributed by atoms with Gasteiger partial charge in [-0.2, -0.15) is 17.5 Å². The summed E-state index contributed by atoms with van der Waals surface area (Å²) in [4.78, 5) is -0.491. The quantitative estimate of drug-likeness (QED) is 0.789. The number of halogens is 5. The van der Waals surface area contributed by atoms with Crippen LogP contribution in [0.25, 0.3) is 0 Å². The van der Waals surface area contributed by atoms with Crippen LogP contribution in [0.4, 0.5) is 17.6 Å². The molecule has 1 fully saturated rings. The highest BCUT2D eigenvalue weighted by Gasteiger charge is 2.40. The second kappa shape index (κ2) is 6.78. The Bertz CT molecular complexity index is 707. The summed E-state index contributed by atoms with van der Waals surface area (Å²) in [6.07, 6.45) is -4.44. The lowest BCUT2D eigenvalue weighted by Crippen LogP contribution is -2.53. The highest BCUT2D eigenvalue weighted by Crippen LogP contribution is 2.34. The van der Waals surface area contributed by atoms with Crippen LogP contribution in [0.2, 0.25) is 0 Å². The van der Waals surface area contributed by atoms with Gasteiger partial charge in [0.1, 0.15) is 5.82 Å². The Morgan fingerprint density at radius 1 is 1.29 bits per heavy atom. The zero-order chi connectivity index (χ0) is 17.6. The Morgan fingerprint density at radius 3 is 2.33 bits per heavy atom. The maximum absolute atomic E-state index is 13.6. The van der Waals surface area contributed by atoms with Gasteiger partial charge in [-0.3, -0.25) is 0 Å². The number of hydrogen-bond donors (Lipinski definition) is 1. The average Bonchev–Trinajstić information content (AvgIpc) is 2.40. The Morgan fingerprint density at radius 2 is 1.88 bits per heavy atom. The van der Waals surface area contributed by atoms with Gasteiger partial charge < -0.3 is 5.73 Å². The summed E-state index contributed by atoms with van der Waals surface area (Å²) in [5, 5.41) is 0. The average molecular weight is 391 g/mol. The number of sulfonamides is 1. The van der Waals surface area contributed by atoms with E-state index in [0.29, 0.717) is 18.6 Å². The van der Waals surface area contributed by atoms with Gasteiger partial charge in [0.15, 0.2) is 0 Å². The first-order valence-electron chi connectivity index (χ1n) is 6.98. The minimum atomic E-state index is -4.87. The summed E-state index contributed by atoms with van der Waals surface area (Å²) in [5.41, 5.74) is 3.98. The molecule has 24 heavy (non-hydrogen) atoms. The van der Waals surface area contributed by atoms with E-state index in [1.54, 1.807) is 0 Å². The first-order valence-corrected chi connectivity index (χ1v) is 8.42. The smallest absolute Gasteiger partial charge is 0.327 e. The van der Waals surface area contributed by atoms with Crippen LogP contribution in [0.1, 0.15) is 25.8 Å². The highest BCUT2D eigenvalue weighted by molar-refractivity contribution is 7.89. The molecule has 0 radical (unpaired) electrons. The molecule has 2 rings (SSSR count). The lowest BCUT2D eigenvalue weighted by molar-refractivity contribution is -0.140. The predicted octanol–water partition coefficient (Wildman–Crippen LogP) is 3.01. The number of nitrogens with two attached hydrogens (primary N) is 1. The Kier molecular flexibility index (Phi) is 5.97. The van der Waals surface area contributed by atoms with Gasteiger partial charge in [0.25, 0.3) is 0 Å². The van der Waals surface area contributed by atoms with Crippen molar-refractivity contribution in [2.75, 3.05) is 13.1 Å². The van der Waals surface area contributed by atoms with Crippen molar-refractivity contribution >= 4 is 22.4 Å². The molecule has 1 atom stereocenters. The van der Waals surface area contributed by atoms with Gasteiger partial charge in [-0.25, -0.2) is 12.8 Å². The standard InChI is InChI=1S/C14H18F4N2O2S.ClH/c1-13(2)8-20(6-5-12(13)19)23(21,22)9-3-4-10(11(15)7-9)14(16,17)18;/h3-4,7,12H,5-6,8,19H2,1-2H3;1H. The van der Waals surface area contributed by atoms with E-state index in [4.69, 9.17) is 5.73 Å². The van der Waals surface area contributed by atoms with Crippen LogP contribution in [0.3, 0.4) is 0 Å². The molecule has 1 aliphatic rings. The Balaban J connectivity index is 0.00000288. The minimum Gasteiger partial charge on any atom is -0.327 e. The fraction of sp³-hybridized carbons (Fsp3) is 0.571. The third-order valence-electron chi connectivity index (χ3n) is 4.16. The van der Waals surface area contributed by atoms with Crippen LogP contribution >= 0.6 is 12.4 Å². The second-order valence-electron chi connectivity index (χ2n) is 6.36. The molecule has 2 N–H and O–H groups in total. The number of benzene rings is 1. The maximum atomic E-state index is 13.6. The van der Waals surface area contributed by atoms with Crippen LogP contribution in [0, 0.1) is 11.2 Å². The predicted molar refractivity (Wildman–Crippen MR) is 83.8 cm³/mol. The molecule has 0 spiro atoms. The summed E-state index contributed by atoms with van der Waals surface area (Å²) >= 11 is 0. The molecule has 1 aromatic rings. The Labute approximate surface area is 144 Å². The third kappa shape index (κ3) is 4.01. The van der Waals surface area contributed by atoms with Crippen molar-refractivity contribution in [3.8, 4) is 0 Å². The summed E-state index contributed by atoms with van der Waals surface area (Å²) in [6.45, 7) is 3.90. The number of hydrogen-bond acceptors (Lipinski definition) is 3. The topological polar surface area (TPSA) is 63.4 Å². The minimum absolute atomic E-state index is 0. The van der Waals surface area contributed by atoms with Gasteiger partial charge in [0.2, 0.25) is 10.0 Å². The van der Waals surface area contributed by atoms with Crippen LogP contribution in [0.5, 0.6) is 0 Å². The molecule has 1 unspecified atom stereocenters. The number of piperidine rings is 1. The SMILES string of the molecule is CC1(C)CN(S(=O)(=O)c2ccc(C(F)(F)F)c(F)c2)CCC1N.Cl. The van der Waals surface area contributed by atoms with Crippen molar-refractivity contribution in [1.82, 2.24) is 4.31 Å². The molecule has 4 nitrogen and oxygen atoms in total. The van der Waals surface area contributed by atoms with Crippen LogP contribution in [-0.2, 0) is 16.2 Å². The summed E-state index contributed by atoms with van der Waals surface area (Å²) < 4.78 is 77.5. The van der Waals surface area contributed by atoms with E-state index in [1.807, 2.05) is 13.8 Å². The van der Waals surface area contributed by atoms with Crippen LogP contribution in [-0.4, -0.2) is 31.9 Å². The molecule has 1 aliphatic heterocycles. The van der Waals surface area contributed by atoms with Gasteiger partial charge in [-0.15, -0.1) is 12.4 Å². The summed E-state index contributed by atoms with van der Waals surface area (Å²) in [7, 11) is -4.07. The van der Waals surface area contributed by atoms with Gasteiger partial charge in [-0.1, -0.05) is 13.8 Å². The van der Waals surface area contributed by atoms with Gasteiger partial charge >= 0.3 is 6.18 Å². The normalized spacial score (nSPS) is 22.0. The van der Waals surface area contributed by atoms with Crippen molar-refractivity contribution in [2.24, 2.45) is 11.1 Å². The van der Waals surface area contributed by atoms with E-state index in [1.165, 1.54) is 0 Å². The number of alkyl halides is 3. The van der Waals surface area contributed by atoms with Gasteiger partial charge in [0.05, 0.1) is 10.5 Å². The lowest BCUT2D eigenvalue weighted by atomic mass is 9.81. The van der Waals surface area contributed by atoms with Crippen molar-refractivity contribution in [3.05, 3.63) is 29.6 Å². The third-order valence-corrected chi connectivity index (χ3v) is 6.00. The van der Waals surface area contributed by atoms with E-state index in [0.717, 1.165) is 10.4 Å². The molecule has 1 aromatic carbocycles. The molecule has 0 saturated carbocycles. The molecule has 0 aliphatic carbocycles. The van der Waals surface area contributed by atoms with Crippen molar-refractivity contribution < 1.29 is 26.0 Å². The van der Waals surface area contributed by atoms with Crippen molar-refractivity contribution in [2.45, 2.75) is 37.4 Å². The molecule has 0 aromatic heterocycles. The lowest BCUT2D eigenvalue weighted by Gasteiger charge is -2.41. The second-order valence-corrected chi connectivity index (χ2v) is 8.30. The van der Waals surface area contributed by atoms with E-state index in [9.17, 15) is 26.0 Å². The summed E-state index contributed by atoms with van der Waals surface area (Å²) in [6, 6.07) is 1.46. The molecule has 1 heterocycles.